The number of anilines is 1. The monoisotopic (exact) mass is 575 g/mol. The largest absolute Gasteiger partial charge is 0.493 e. The normalized spacial score (nSPS) is 14.1. The van der Waals surface area contributed by atoms with Crippen LogP contribution in [0, 0.1) is 6.92 Å². The van der Waals surface area contributed by atoms with Crippen LogP contribution in [0.5, 0.6) is 11.5 Å². The van der Waals surface area contributed by atoms with Crippen molar-refractivity contribution in [3.8, 4) is 11.5 Å². The molecule has 0 spiro atoms. The Labute approximate surface area is 248 Å². The summed E-state index contributed by atoms with van der Waals surface area (Å²) in [7, 11) is 1.54. The van der Waals surface area contributed by atoms with Crippen LogP contribution in [0.3, 0.4) is 0 Å². The first-order valence-electron chi connectivity index (χ1n) is 13.9. The van der Waals surface area contributed by atoms with E-state index in [0.717, 1.165) is 11.1 Å². The third kappa shape index (κ3) is 5.12. The fourth-order valence-electron chi connectivity index (χ4n) is 5.35. The minimum absolute atomic E-state index is 0.0239. The van der Waals surface area contributed by atoms with Crippen molar-refractivity contribution in [3.05, 3.63) is 135 Å². The summed E-state index contributed by atoms with van der Waals surface area (Å²) in [6.45, 7) is 4.22. The maximum atomic E-state index is 14.0. The first-order chi connectivity index (χ1) is 20.9. The number of fused-ring (bicyclic) bond motifs is 2. The van der Waals surface area contributed by atoms with Gasteiger partial charge in [0.25, 0.3) is 5.91 Å². The van der Waals surface area contributed by atoms with Gasteiger partial charge in [-0.05, 0) is 73.5 Å². The van der Waals surface area contributed by atoms with E-state index < -0.39 is 17.9 Å². The van der Waals surface area contributed by atoms with E-state index in [-0.39, 0.29) is 23.4 Å². The first kappa shape index (κ1) is 27.8. The highest BCUT2D eigenvalue weighted by Crippen LogP contribution is 2.43. The number of nitrogens with zero attached hydrogens (tertiary/aromatic N) is 1. The van der Waals surface area contributed by atoms with Gasteiger partial charge in [0.15, 0.2) is 16.9 Å². The van der Waals surface area contributed by atoms with Gasteiger partial charge in [-0.2, -0.15) is 0 Å². The summed E-state index contributed by atoms with van der Waals surface area (Å²) in [5.41, 5.74) is 3.65. The molecule has 8 nitrogen and oxygen atoms in total. The number of aryl methyl sites for hydroxylation is 1. The number of esters is 1. The molecule has 0 saturated heterocycles. The molecule has 1 aliphatic rings. The lowest BCUT2D eigenvalue weighted by molar-refractivity contribution is 0.0526. The number of rotatable bonds is 8. The van der Waals surface area contributed by atoms with Crippen molar-refractivity contribution in [1.82, 2.24) is 0 Å². The molecule has 216 valence electrons. The van der Waals surface area contributed by atoms with Crippen LogP contribution in [0.4, 0.5) is 5.69 Å². The van der Waals surface area contributed by atoms with E-state index in [0.29, 0.717) is 45.9 Å². The Balaban J connectivity index is 1.47. The van der Waals surface area contributed by atoms with Crippen molar-refractivity contribution in [2.45, 2.75) is 26.5 Å². The summed E-state index contributed by atoms with van der Waals surface area (Å²) in [5, 5.41) is 0.394. The molecule has 0 N–H and O–H groups in total. The minimum Gasteiger partial charge on any atom is -0.493 e. The molecule has 0 fully saturated rings. The van der Waals surface area contributed by atoms with Gasteiger partial charge in [0.1, 0.15) is 12.2 Å². The highest BCUT2D eigenvalue weighted by molar-refractivity contribution is 6.11. The molecule has 1 unspecified atom stereocenters. The lowest BCUT2D eigenvalue weighted by atomic mass is 9.97. The SMILES string of the molecule is CCOC(=O)c1ccc(N2C(=O)c3oc4ccc(C)cc4c(=O)c3C2c2ccc(OCc3ccccc3)c(OC)c2)cc1. The van der Waals surface area contributed by atoms with E-state index >= 15 is 0 Å². The van der Waals surface area contributed by atoms with Crippen molar-refractivity contribution < 1.29 is 28.2 Å². The molecule has 5 aromatic rings. The van der Waals surface area contributed by atoms with Gasteiger partial charge in [0, 0.05) is 5.69 Å². The Kier molecular flexibility index (Phi) is 7.42. The molecule has 0 bridgehead atoms. The molecular weight excluding hydrogens is 546 g/mol. The number of amides is 1. The molecule has 1 aromatic heterocycles. The van der Waals surface area contributed by atoms with E-state index in [2.05, 4.69) is 0 Å². The fraction of sp³-hybridized carbons (Fsp3) is 0.171. The minimum atomic E-state index is -0.825. The second kappa shape index (κ2) is 11.5. The zero-order chi connectivity index (χ0) is 30.1. The van der Waals surface area contributed by atoms with Gasteiger partial charge in [-0.15, -0.1) is 0 Å². The Bertz CT molecular complexity index is 1890. The quantitative estimate of drug-likeness (QED) is 0.192. The maximum absolute atomic E-state index is 14.0. The number of carbonyl (C=O) groups is 2. The predicted molar refractivity (Wildman–Crippen MR) is 162 cm³/mol. The zero-order valence-electron chi connectivity index (χ0n) is 24.0. The van der Waals surface area contributed by atoms with E-state index in [1.165, 1.54) is 4.90 Å². The number of hydrogen-bond donors (Lipinski definition) is 0. The smallest absolute Gasteiger partial charge is 0.338 e. The van der Waals surface area contributed by atoms with Crippen LogP contribution < -0.4 is 19.8 Å². The summed E-state index contributed by atoms with van der Waals surface area (Å²) in [6, 6.07) is 26.1. The maximum Gasteiger partial charge on any atom is 0.338 e. The third-order valence-electron chi connectivity index (χ3n) is 7.42. The summed E-state index contributed by atoms with van der Waals surface area (Å²) in [6.07, 6.45) is 0. The standard InChI is InChI=1S/C35H29NO7/c1-4-41-35(39)23-11-14-25(15-12-23)36-31(30-32(37)26-18-21(2)10-16-27(26)43-33(30)34(36)38)24-13-17-28(29(19-24)40-3)42-20-22-8-6-5-7-9-22/h5-19,31H,4,20H2,1-3H3. The highest BCUT2D eigenvalue weighted by atomic mass is 16.5. The van der Waals surface area contributed by atoms with Crippen molar-refractivity contribution >= 4 is 28.5 Å². The first-order valence-corrected chi connectivity index (χ1v) is 13.9. The summed E-state index contributed by atoms with van der Waals surface area (Å²) >= 11 is 0. The number of benzene rings is 4. The Hall–Kier alpha value is -5.37. The fourth-order valence-corrected chi connectivity index (χ4v) is 5.35. The summed E-state index contributed by atoms with van der Waals surface area (Å²) in [4.78, 5) is 41.8. The molecule has 1 aliphatic heterocycles. The molecule has 1 amide bonds. The van der Waals surface area contributed by atoms with Crippen LogP contribution in [0.1, 0.15) is 56.1 Å². The van der Waals surface area contributed by atoms with Crippen LogP contribution in [-0.2, 0) is 11.3 Å². The van der Waals surface area contributed by atoms with Crippen molar-refractivity contribution in [1.29, 1.82) is 0 Å². The van der Waals surface area contributed by atoms with Gasteiger partial charge in [0.05, 0.1) is 36.3 Å². The average Bonchev–Trinajstić information content (AvgIpc) is 3.33. The third-order valence-corrected chi connectivity index (χ3v) is 7.42. The average molecular weight is 576 g/mol. The second-order valence-electron chi connectivity index (χ2n) is 10.2. The molecule has 2 heterocycles. The van der Waals surface area contributed by atoms with E-state index in [1.54, 1.807) is 62.6 Å². The zero-order valence-corrected chi connectivity index (χ0v) is 24.0. The number of carbonyl (C=O) groups excluding carboxylic acids is 2. The molecule has 4 aromatic carbocycles. The van der Waals surface area contributed by atoms with E-state index in [9.17, 15) is 14.4 Å². The molecule has 8 heteroatoms. The molecule has 0 saturated carbocycles. The van der Waals surface area contributed by atoms with Gasteiger partial charge < -0.3 is 18.6 Å². The summed E-state index contributed by atoms with van der Waals surface area (Å²) < 4.78 is 22.9. The van der Waals surface area contributed by atoms with E-state index in [4.69, 9.17) is 18.6 Å². The predicted octanol–water partition coefficient (Wildman–Crippen LogP) is 6.62. The van der Waals surface area contributed by atoms with Crippen molar-refractivity contribution in [2.75, 3.05) is 18.6 Å². The van der Waals surface area contributed by atoms with Crippen LogP contribution in [0.2, 0.25) is 0 Å². The number of ether oxygens (including phenoxy) is 3. The molecule has 1 atom stereocenters. The van der Waals surface area contributed by atoms with Gasteiger partial charge in [-0.1, -0.05) is 48.0 Å². The van der Waals surface area contributed by atoms with Gasteiger partial charge in [0.2, 0.25) is 5.76 Å². The highest BCUT2D eigenvalue weighted by Gasteiger charge is 2.44. The summed E-state index contributed by atoms with van der Waals surface area (Å²) in [5.74, 6) is 0.0195. The topological polar surface area (TPSA) is 95.3 Å². The Morgan fingerprint density at radius 2 is 1.67 bits per heavy atom. The molecule has 6 rings (SSSR count). The van der Waals surface area contributed by atoms with Crippen LogP contribution >= 0.6 is 0 Å². The van der Waals surface area contributed by atoms with Gasteiger partial charge >= 0.3 is 5.97 Å². The molecule has 0 aliphatic carbocycles. The second-order valence-corrected chi connectivity index (χ2v) is 10.2. The lowest BCUT2D eigenvalue weighted by Gasteiger charge is -2.26. The van der Waals surface area contributed by atoms with Crippen LogP contribution in [0.15, 0.2) is 100 Å². The lowest BCUT2D eigenvalue weighted by Crippen LogP contribution is -2.29. The Morgan fingerprint density at radius 3 is 2.40 bits per heavy atom. The number of hydrogen-bond acceptors (Lipinski definition) is 7. The molecule has 43 heavy (non-hydrogen) atoms. The molecular formula is C35H29NO7. The number of methoxy groups -OCH3 is 1. The van der Waals surface area contributed by atoms with Crippen molar-refractivity contribution in [2.24, 2.45) is 0 Å². The van der Waals surface area contributed by atoms with Gasteiger partial charge in [-0.25, -0.2) is 4.79 Å². The van der Waals surface area contributed by atoms with Crippen LogP contribution in [0.25, 0.3) is 11.0 Å². The Morgan fingerprint density at radius 1 is 0.907 bits per heavy atom. The van der Waals surface area contributed by atoms with Crippen LogP contribution in [-0.4, -0.2) is 25.6 Å². The van der Waals surface area contributed by atoms with Crippen molar-refractivity contribution in [3.63, 3.8) is 0 Å². The molecule has 0 radical (unpaired) electrons. The van der Waals surface area contributed by atoms with Gasteiger partial charge in [-0.3, -0.25) is 14.5 Å². The van der Waals surface area contributed by atoms with E-state index in [1.807, 2.05) is 49.4 Å².